The normalized spacial score (nSPS) is 12.0. The number of ether oxygens (including phenoxy) is 1. The van der Waals surface area contributed by atoms with Gasteiger partial charge in [0.05, 0.1) is 18.8 Å². The summed E-state index contributed by atoms with van der Waals surface area (Å²) in [6, 6.07) is 3.37. The minimum absolute atomic E-state index is 0.196. The summed E-state index contributed by atoms with van der Waals surface area (Å²) >= 11 is 0. The molecule has 0 radical (unpaired) electrons. The molecule has 0 fully saturated rings. The maximum Gasteiger partial charge on any atom is 0.233 e. The Bertz CT molecular complexity index is 315. The maximum absolute atomic E-state index is 5.87. The number of allylic oxidation sites excluding steroid dienone is 1. The third-order valence-corrected chi connectivity index (χ3v) is 1.72. The lowest BCUT2D eigenvalue weighted by molar-refractivity contribution is 0.391. The zero-order chi connectivity index (χ0) is 10.6. The summed E-state index contributed by atoms with van der Waals surface area (Å²) in [5.74, 6) is 0.498. The first-order chi connectivity index (χ1) is 6.63. The third kappa shape index (κ3) is 2.81. The van der Waals surface area contributed by atoms with Crippen LogP contribution in [-0.2, 0) is 0 Å². The lowest BCUT2D eigenvalue weighted by atomic mass is 10.1. The fourth-order valence-electron chi connectivity index (χ4n) is 1.06. The topological polar surface area (TPSA) is 61.0 Å². The summed E-state index contributed by atoms with van der Waals surface area (Å²) in [4.78, 5) is 0. The van der Waals surface area contributed by atoms with E-state index in [0.29, 0.717) is 5.88 Å². The predicted octanol–water partition coefficient (Wildman–Crippen LogP) is 1.45. The molecule has 1 aromatic heterocycles. The first-order valence-electron chi connectivity index (χ1n) is 4.41. The van der Waals surface area contributed by atoms with Crippen molar-refractivity contribution in [2.75, 3.05) is 7.11 Å². The molecule has 0 aromatic carbocycles. The van der Waals surface area contributed by atoms with Crippen molar-refractivity contribution in [3.8, 4) is 5.88 Å². The molecule has 0 saturated carbocycles. The average molecular weight is 193 g/mol. The van der Waals surface area contributed by atoms with E-state index in [1.165, 1.54) is 0 Å². The molecule has 1 aromatic rings. The Morgan fingerprint density at radius 2 is 2.14 bits per heavy atom. The molecule has 0 spiro atoms. The molecular formula is C10H15N3O. The van der Waals surface area contributed by atoms with Gasteiger partial charge in [0, 0.05) is 6.07 Å². The molecule has 1 unspecified atom stereocenters. The fraction of sp³-hybridized carbons (Fsp3) is 0.400. The summed E-state index contributed by atoms with van der Waals surface area (Å²) in [6.07, 6.45) is 1.94. The maximum atomic E-state index is 5.87. The van der Waals surface area contributed by atoms with Gasteiger partial charge in [-0.25, -0.2) is 0 Å². The summed E-state index contributed by atoms with van der Waals surface area (Å²) in [5.41, 5.74) is 7.77. The Morgan fingerprint density at radius 3 is 2.57 bits per heavy atom. The molecule has 0 aliphatic heterocycles. The molecule has 2 N–H and O–H groups in total. The van der Waals surface area contributed by atoms with Gasteiger partial charge >= 0.3 is 0 Å². The van der Waals surface area contributed by atoms with Gasteiger partial charge in [-0.15, -0.1) is 10.2 Å². The summed E-state index contributed by atoms with van der Waals surface area (Å²) < 4.78 is 4.90. The van der Waals surface area contributed by atoms with Gasteiger partial charge in [-0.2, -0.15) is 0 Å². The van der Waals surface area contributed by atoms with Crippen LogP contribution in [0.15, 0.2) is 23.8 Å². The first-order valence-corrected chi connectivity index (χ1v) is 4.41. The van der Waals surface area contributed by atoms with Crippen LogP contribution >= 0.6 is 0 Å². The van der Waals surface area contributed by atoms with Crippen molar-refractivity contribution in [3.05, 3.63) is 29.5 Å². The van der Waals surface area contributed by atoms with Crippen molar-refractivity contribution in [1.82, 2.24) is 10.2 Å². The smallest absolute Gasteiger partial charge is 0.233 e. The molecule has 0 aliphatic carbocycles. The van der Waals surface area contributed by atoms with Crippen molar-refractivity contribution in [2.45, 2.75) is 19.9 Å². The Balaban J connectivity index is 2.81. The predicted molar refractivity (Wildman–Crippen MR) is 54.9 cm³/mol. The summed E-state index contributed by atoms with van der Waals surface area (Å²) in [6.45, 7) is 3.99. The standard InChI is InChI=1S/C10H15N3O/c1-7(2)6-8(11)9-4-5-10(14-3)13-12-9/h4-6,8H,11H2,1-3H3. The molecule has 4 nitrogen and oxygen atoms in total. The van der Waals surface area contributed by atoms with Crippen LogP contribution in [0.4, 0.5) is 0 Å². The van der Waals surface area contributed by atoms with E-state index in [2.05, 4.69) is 10.2 Å². The molecular weight excluding hydrogens is 178 g/mol. The summed E-state index contributed by atoms with van der Waals surface area (Å²) in [7, 11) is 1.56. The highest BCUT2D eigenvalue weighted by molar-refractivity contribution is 5.18. The highest BCUT2D eigenvalue weighted by atomic mass is 16.5. The van der Waals surface area contributed by atoms with Crippen molar-refractivity contribution < 1.29 is 4.74 Å². The van der Waals surface area contributed by atoms with E-state index in [1.54, 1.807) is 13.2 Å². The van der Waals surface area contributed by atoms with Crippen LogP contribution in [0.25, 0.3) is 0 Å². The number of nitrogens with two attached hydrogens (primary N) is 1. The van der Waals surface area contributed by atoms with Gasteiger partial charge in [-0.1, -0.05) is 11.6 Å². The average Bonchev–Trinajstić information content (AvgIpc) is 2.17. The second-order valence-electron chi connectivity index (χ2n) is 3.27. The highest BCUT2D eigenvalue weighted by Gasteiger charge is 2.04. The van der Waals surface area contributed by atoms with E-state index in [-0.39, 0.29) is 6.04 Å². The van der Waals surface area contributed by atoms with Crippen LogP contribution in [0, 0.1) is 0 Å². The molecule has 1 rings (SSSR count). The zero-order valence-electron chi connectivity index (χ0n) is 8.69. The van der Waals surface area contributed by atoms with Crippen LogP contribution < -0.4 is 10.5 Å². The van der Waals surface area contributed by atoms with Crippen molar-refractivity contribution in [2.24, 2.45) is 5.73 Å². The van der Waals surface area contributed by atoms with Crippen molar-refractivity contribution >= 4 is 0 Å². The fourth-order valence-corrected chi connectivity index (χ4v) is 1.06. The van der Waals surface area contributed by atoms with E-state index in [4.69, 9.17) is 10.5 Å². The Labute approximate surface area is 83.8 Å². The molecule has 4 heteroatoms. The number of methoxy groups -OCH3 is 1. The van der Waals surface area contributed by atoms with Crippen molar-refractivity contribution in [3.63, 3.8) is 0 Å². The second kappa shape index (κ2) is 4.72. The van der Waals surface area contributed by atoms with Gasteiger partial charge in [0.15, 0.2) is 0 Å². The molecule has 76 valence electrons. The van der Waals surface area contributed by atoms with Crippen LogP contribution in [0.5, 0.6) is 5.88 Å². The number of hydrogen-bond donors (Lipinski definition) is 1. The molecule has 0 amide bonds. The Hall–Kier alpha value is -1.42. The lowest BCUT2D eigenvalue weighted by Crippen LogP contribution is -2.10. The van der Waals surface area contributed by atoms with Crippen LogP contribution in [0.1, 0.15) is 25.6 Å². The molecule has 0 aliphatic rings. The SMILES string of the molecule is COc1ccc(C(N)C=C(C)C)nn1. The Kier molecular flexibility index (Phi) is 3.59. The molecule has 1 heterocycles. The van der Waals surface area contributed by atoms with Crippen LogP contribution in [0.2, 0.25) is 0 Å². The van der Waals surface area contributed by atoms with Gasteiger partial charge in [0.2, 0.25) is 5.88 Å². The highest BCUT2D eigenvalue weighted by Crippen LogP contribution is 2.12. The van der Waals surface area contributed by atoms with E-state index < -0.39 is 0 Å². The van der Waals surface area contributed by atoms with E-state index in [9.17, 15) is 0 Å². The number of nitrogens with zero attached hydrogens (tertiary/aromatic N) is 2. The largest absolute Gasteiger partial charge is 0.480 e. The van der Waals surface area contributed by atoms with Gasteiger partial charge in [-0.3, -0.25) is 0 Å². The zero-order valence-corrected chi connectivity index (χ0v) is 8.69. The number of hydrogen-bond acceptors (Lipinski definition) is 4. The minimum Gasteiger partial charge on any atom is -0.480 e. The second-order valence-corrected chi connectivity index (χ2v) is 3.27. The van der Waals surface area contributed by atoms with Gasteiger partial charge in [-0.05, 0) is 19.9 Å². The molecule has 0 saturated heterocycles. The van der Waals surface area contributed by atoms with Gasteiger partial charge < -0.3 is 10.5 Å². The quantitative estimate of drug-likeness (QED) is 0.738. The first kappa shape index (κ1) is 10.7. The van der Waals surface area contributed by atoms with Crippen LogP contribution in [-0.4, -0.2) is 17.3 Å². The monoisotopic (exact) mass is 193 g/mol. The van der Waals surface area contributed by atoms with E-state index in [0.717, 1.165) is 11.3 Å². The number of rotatable bonds is 3. The molecule has 0 bridgehead atoms. The third-order valence-electron chi connectivity index (χ3n) is 1.72. The van der Waals surface area contributed by atoms with E-state index >= 15 is 0 Å². The summed E-state index contributed by atoms with van der Waals surface area (Å²) in [5, 5.41) is 7.80. The van der Waals surface area contributed by atoms with Crippen molar-refractivity contribution in [1.29, 1.82) is 0 Å². The minimum atomic E-state index is -0.196. The van der Waals surface area contributed by atoms with Gasteiger partial charge in [0.25, 0.3) is 0 Å². The van der Waals surface area contributed by atoms with Gasteiger partial charge in [0.1, 0.15) is 0 Å². The number of aromatic nitrogens is 2. The van der Waals surface area contributed by atoms with Crippen LogP contribution in [0.3, 0.4) is 0 Å². The van der Waals surface area contributed by atoms with E-state index in [1.807, 2.05) is 26.0 Å². The Morgan fingerprint density at radius 1 is 1.43 bits per heavy atom. The molecule has 14 heavy (non-hydrogen) atoms. The lowest BCUT2D eigenvalue weighted by Gasteiger charge is -2.06. The molecule has 1 atom stereocenters.